The Balaban J connectivity index is 2.04. The molecule has 0 amide bonds. The van der Waals surface area contributed by atoms with Gasteiger partial charge < -0.3 is 8.98 Å². The lowest BCUT2D eigenvalue weighted by atomic mass is 10.2. The second-order valence-corrected chi connectivity index (χ2v) is 4.69. The molecule has 0 saturated carbocycles. The van der Waals surface area contributed by atoms with E-state index in [4.69, 9.17) is 4.42 Å². The van der Waals surface area contributed by atoms with Crippen molar-refractivity contribution < 1.29 is 4.42 Å². The third-order valence-electron chi connectivity index (χ3n) is 2.63. The van der Waals surface area contributed by atoms with Crippen LogP contribution in [0.25, 0.3) is 10.9 Å². The van der Waals surface area contributed by atoms with E-state index in [0.29, 0.717) is 18.3 Å². The lowest BCUT2D eigenvalue weighted by Gasteiger charge is -2.01. The van der Waals surface area contributed by atoms with Gasteiger partial charge in [-0.25, -0.2) is 0 Å². The van der Waals surface area contributed by atoms with Gasteiger partial charge in [-0.1, -0.05) is 22.0 Å². The maximum Gasteiger partial charge on any atom is 0.236 e. The molecule has 0 saturated heterocycles. The maximum atomic E-state index is 5.38. The molecule has 0 aliphatic rings. The molecule has 5 heteroatoms. The van der Waals surface area contributed by atoms with E-state index >= 15 is 0 Å². The maximum absolute atomic E-state index is 5.38. The van der Waals surface area contributed by atoms with Crippen molar-refractivity contribution in [3.8, 4) is 0 Å². The molecular formula is C12H10BrN3O. The second-order valence-electron chi connectivity index (χ2n) is 3.83. The molecule has 4 nitrogen and oxygen atoms in total. The molecule has 0 atom stereocenters. The second kappa shape index (κ2) is 4.00. The minimum absolute atomic E-state index is 0.595. The Hall–Kier alpha value is -1.62. The van der Waals surface area contributed by atoms with Crippen LogP contribution in [-0.2, 0) is 6.54 Å². The summed E-state index contributed by atoms with van der Waals surface area (Å²) in [6.07, 6.45) is 2.02. The first-order chi connectivity index (χ1) is 8.24. The Kier molecular flexibility index (Phi) is 2.48. The first-order valence-corrected chi connectivity index (χ1v) is 6.06. The van der Waals surface area contributed by atoms with Crippen LogP contribution >= 0.6 is 15.9 Å². The third-order valence-corrected chi connectivity index (χ3v) is 3.33. The molecule has 3 rings (SSSR count). The van der Waals surface area contributed by atoms with Crippen molar-refractivity contribution in [3.05, 3.63) is 46.7 Å². The fraction of sp³-hybridized carbons (Fsp3) is 0.167. The molecule has 2 aromatic heterocycles. The molecule has 86 valence electrons. The zero-order valence-corrected chi connectivity index (χ0v) is 10.8. The number of benzene rings is 1. The van der Waals surface area contributed by atoms with E-state index in [1.54, 1.807) is 6.92 Å². The molecule has 0 aliphatic heterocycles. The lowest BCUT2D eigenvalue weighted by Crippen LogP contribution is -1.97. The number of fused-ring (bicyclic) bond motifs is 1. The molecule has 0 N–H and O–H groups in total. The van der Waals surface area contributed by atoms with Crippen molar-refractivity contribution in [2.24, 2.45) is 0 Å². The lowest BCUT2D eigenvalue weighted by molar-refractivity contribution is 0.457. The van der Waals surface area contributed by atoms with Gasteiger partial charge in [-0.05, 0) is 18.2 Å². The summed E-state index contributed by atoms with van der Waals surface area (Å²) in [6.45, 7) is 2.39. The summed E-state index contributed by atoms with van der Waals surface area (Å²) in [6, 6.07) is 8.19. The summed E-state index contributed by atoms with van der Waals surface area (Å²) in [4.78, 5) is 0. The van der Waals surface area contributed by atoms with E-state index in [-0.39, 0.29) is 0 Å². The van der Waals surface area contributed by atoms with Crippen LogP contribution in [0, 0.1) is 6.92 Å². The molecule has 0 radical (unpaired) electrons. The Bertz CT molecular complexity index is 671. The SMILES string of the molecule is Cc1nnc(Cn2ccc3c(Br)cccc32)o1. The summed E-state index contributed by atoms with van der Waals surface area (Å²) in [5, 5.41) is 9.01. The molecule has 0 spiro atoms. The largest absolute Gasteiger partial charge is 0.424 e. The zero-order chi connectivity index (χ0) is 11.8. The Labute approximate surface area is 106 Å². The van der Waals surface area contributed by atoms with Crippen molar-refractivity contribution in [1.29, 1.82) is 0 Å². The molecule has 3 aromatic rings. The van der Waals surface area contributed by atoms with Crippen molar-refractivity contribution in [2.45, 2.75) is 13.5 Å². The van der Waals surface area contributed by atoms with Gasteiger partial charge in [0.15, 0.2) is 0 Å². The van der Waals surface area contributed by atoms with Gasteiger partial charge in [0.2, 0.25) is 11.8 Å². The summed E-state index contributed by atoms with van der Waals surface area (Å²) < 4.78 is 8.56. The topological polar surface area (TPSA) is 43.9 Å². The molecule has 0 fully saturated rings. The molecule has 17 heavy (non-hydrogen) atoms. The first kappa shape index (κ1) is 10.5. The first-order valence-electron chi connectivity index (χ1n) is 5.26. The van der Waals surface area contributed by atoms with Crippen molar-refractivity contribution >= 4 is 26.8 Å². The Morgan fingerprint density at radius 2 is 2.18 bits per heavy atom. The van der Waals surface area contributed by atoms with Crippen LogP contribution in [0.1, 0.15) is 11.8 Å². The van der Waals surface area contributed by atoms with Crippen molar-refractivity contribution in [3.63, 3.8) is 0 Å². The van der Waals surface area contributed by atoms with Crippen LogP contribution in [-0.4, -0.2) is 14.8 Å². The van der Waals surface area contributed by atoms with Gasteiger partial charge in [0, 0.05) is 28.5 Å². The Morgan fingerprint density at radius 1 is 1.29 bits per heavy atom. The standard InChI is InChI=1S/C12H10BrN3O/c1-8-14-15-12(17-8)7-16-6-5-9-10(13)3-2-4-11(9)16/h2-6H,7H2,1H3. The summed E-state index contributed by atoms with van der Waals surface area (Å²) in [7, 11) is 0. The van der Waals surface area contributed by atoms with Crippen LogP contribution < -0.4 is 0 Å². The number of rotatable bonds is 2. The predicted molar refractivity (Wildman–Crippen MR) is 67.8 cm³/mol. The highest BCUT2D eigenvalue weighted by Crippen LogP contribution is 2.25. The smallest absolute Gasteiger partial charge is 0.236 e. The average Bonchev–Trinajstić information content (AvgIpc) is 2.88. The number of halogens is 1. The normalized spacial score (nSPS) is 11.2. The van der Waals surface area contributed by atoms with Crippen LogP contribution in [0.15, 0.2) is 39.4 Å². The minimum atomic E-state index is 0.595. The van der Waals surface area contributed by atoms with Crippen molar-refractivity contribution in [2.75, 3.05) is 0 Å². The average molecular weight is 292 g/mol. The molecule has 0 aliphatic carbocycles. The quantitative estimate of drug-likeness (QED) is 0.728. The van der Waals surface area contributed by atoms with Crippen molar-refractivity contribution in [1.82, 2.24) is 14.8 Å². The van der Waals surface area contributed by atoms with E-state index in [9.17, 15) is 0 Å². The van der Waals surface area contributed by atoms with Gasteiger partial charge in [0.25, 0.3) is 0 Å². The highest BCUT2D eigenvalue weighted by Gasteiger charge is 2.07. The van der Waals surface area contributed by atoms with Crippen LogP contribution in [0.2, 0.25) is 0 Å². The highest BCUT2D eigenvalue weighted by molar-refractivity contribution is 9.10. The Morgan fingerprint density at radius 3 is 2.94 bits per heavy atom. The fourth-order valence-electron chi connectivity index (χ4n) is 1.87. The molecule has 0 unspecified atom stereocenters. The summed E-state index contributed by atoms with van der Waals surface area (Å²) in [5.74, 6) is 1.22. The summed E-state index contributed by atoms with van der Waals surface area (Å²) in [5.41, 5.74) is 1.15. The molecule has 0 bridgehead atoms. The van der Waals surface area contributed by atoms with Gasteiger partial charge in [-0.15, -0.1) is 10.2 Å². The van der Waals surface area contributed by atoms with E-state index in [2.05, 4.69) is 42.8 Å². The van der Waals surface area contributed by atoms with E-state index in [0.717, 1.165) is 9.99 Å². The van der Waals surface area contributed by atoms with Crippen LogP contribution in [0.5, 0.6) is 0 Å². The predicted octanol–water partition coefficient (Wildman–Crippen LogP) is 3.14. The number of aryl methyl sites for hydroxylation is 1. The number of nitrogens with zero attached hydrogens (tertiary/aromatic N) is 3. The van der Waals surface area contributed by atoms with Gasteiger partial charge in [0.1, 0.15) is 6.54 Å². The fourth-order valence-corrected chi connectivity index (χ4v) is 2.36. The zero-order valence-electron chi connectivity index (χ0n) is 9.22. The van der Waals surface area contributed by atoms with E-state index < -0.39 is 0 Å². The van der Waals surface area contributed by atoms with Gasteiger partial charge in [-0.3, -0.25) is 0 Å². The number of hydrogen-bond acceptors (Lipinski definition) is 3. The van der Waals surface area contributed by atoms with Gasteiger partial charge in [-0.2, -0.15) is 0 Å². The van der Waals surface area contributed by atoms with Gasteiger partial charge >= 0.3 is 0 Å². The summed E-state index contributed by atoms with van der Waals surface area (Å²) >= 11 is 3.53. The molecular weight excluding hydrogens is 282 g/mol. The third kappa shape index (κ3) is 1.86. The number of hydrogen-bond donors (Lipinski definition) is 0. The van der Waals surface area contributed by atoms with Gasteiger partial charge in [0.05, 0.1) is 0 Å². The highest BCUT2D eigenvalue weighted by atomic mass is 79.9. The van der Waals surface area contributed by atoms with Crippen LogP contribution in [0.4, 0.5) is 0 Å². The molecule has 1 aromatic carbocycles. The number of aromatic nitrogens is 3. The minimum Gasteiger partial charge on any atom is -0.424 e. The van der Waals surface area contributed by atoms with E-state index in [1.807, 2.05) is 18.3 Å². The molecule has 2 heterocycles. The van der Waals surface area contributed by atoms with E-state index in [1.165, 1.54) is 5.39 Å². The van der Waals surface area contributed by atoms with Crippen LogP contribution in [0.3, 0.4) is 0 Å². The monoisotopic (exact) mass is 291 g/mol.